The second-order valence-corrected chi connectivity index (χ2v) is 4.74. The molecule has 0 saturated carbocycles. The van der Waals surface area contributed by atoms with E-state index >= 15 is 0 Å². The number of halogens is 1. The number of carbonyl (C=O) groups excluding carboxylic acids is 1. The Morgan fingerprint density at radius 2 is 1.95 bits per heavy atom. The highest BCUT2D eigenvalue weighted by molar-refractivity contribution is 5.76. The highest BCUT2D eigenvalue weighted by Crippen LogP contribution is 2.02. The number of hydrogen-bond donors (Lipinski definition) is 2. The summed E-state index contributed by atoms with van der Waals surface area (Å²) in [5, 5.41) is 6.14. The lowest BCUT2D eigenvalue weighted by atomic mass is 10.2. The molecule has 1 aromatic carbocycles. The van der Waals surface area contributed by atoms with Gasteiger partial charge >= 0.3 is 0 Å². The van der Waals surface area contributed by atoms with Gasteiger partial charge in [0.15, 0.2) is 0 Å². The van der Waals surface area contributed by atoms with Gasteiger partial charge in [0.25, 0.3) is 0 Å². The van der Waals surface area contributed by atoms with Crippen LogP contribution in [0.3, 0.4) is 0 Å². The van der Waals surface area contributed by atoms with Crippen LogP contribution in [-0.2, 0) is 11.3 Å². The van der Waals surface area contributed by atoms with Crippen molar-refractivity contribution in [3.63, 3.8) is 0 Å². The monoisotopic (exact) mass is 265 g/mol. The summed E-state index contributed by atoms with van der Waals surface area (Å²) < 4.78 is 12.7. The van der Waals surface area contributed by atoms with Crippen molar-refractivity contribution in [3.8, 4) is 0 Å². The molecule has 1 aromatic rings. The van der Waals surface area contributed by atoms with Crippen LogP contribution in [0.25, 0.3) is 0 Å². The highest BCUT2D eigenvalue weighted by atomic mass is 19.1. The Kier molecular flexibility index (Phi) is 5.30. The molecule has 19 heavy (non-hydrogen) atoms. The van der Waals surface area contributed by atoms with Crippen molar-refractivity contribution < 1.29 is 9.18 Å². The Balaban J connectivity index is 1.65. The van der Waals surface area contributed by atoms with E-state index in [4.69, 9.17) is 0 Å². The van der Waals surface area contributed by atoms with E-state index in [1.165, 1.54) is 12.1 Å². The van der Waals surface area contributed by atoms with E-state index < -0.39 is 0 Å². The molecule has 4 nitrogen and oxygen atoms in total. The first-order chi connectivity index (χ1) is 9.24. The van der Waals surface area contributed by atoms with Gasteiger partial charge in [0, 0.05) is 45.7 Å². The maximum absolute atomic E-state index is 12.7. The van der Waals surface area contributed by atoms with Gasteiger partial charge < -0.3 is 15.5 Å². The van der Waals surface area contributed by atoms with E-state index in [-0.39, 0.29) is 11.7 Å². The minimum absolute atomic E-state index is 0.0443. The highest BCUT2D eigenvalue weighted by Gasteiger charge is 2.10. The third-order valence-electron chi connectivity index (χ3n) is 3.27. The van der Waals surface area contributed by atoms with E-state index in [2.05, 4.69) is 15.5 Å². The maximum atomic E-state index is 12.7. The van der Waals surface area contributed by atoms with Crippen LogP contribution in [0.2, 0.25) is 0 Å². The van der Waals surface area contributed by atoms with E-state index in [1.807, 2.05) is 0 Å². The van der Waals surface area contributed by atoms with Gasteiger partial charge in [-0.25, -0.2) is 4.39 Å². The van der Waals surface area contributed by atoms with Crippen molar-refractivity contribution in [1.29, 1.82) is 0 Å². The number of piperazine rings is 1. The second-order valence-electron chi connectivity index (χ2n) is 4.74. The van der Waals surface area contributed by atoms with Gasteiger partial charge in [0.2, 0.25) is 5.91 Å². The Hall–Kier alpha value is -1.46. The first-order valence-electron chi connectivity index (χ1n) is 6.68. The smallest absolute Gasteiger partial charge is 0.221 e. The number of carbonyl (C=O) groups is 1. The molecule has 1 heterocycles. The molecule has 0 atom stereocenters. The zero-order chi connectivity index (χ0) is 13.5. The van der Waals surface area contributed by atoms with Gasteiger partial charge in [-0.2, -0.15) is 0 Å². The SMILES string of the molecule is O=C(CCN1CCNCC1)NCc1ccc(F)cc1. The van der Waals surface area contributed by atoms with Crippen LogP contribution in [0.5, 0.6) is 0 Å². The number of benzene rings is 1. The molecule has 1 aliphatic rings. The van der Waals surface area contributed by atoms with Crippen LogP contribution in [0.1, 0.15) is 12.0 Å². The Morgan fingerprint density at radius 3 is 2.63 bits per heavy atom. The molecule has 0 aliphatic carbocycles. The fourth-order valence-electron chi connectivity index (χ4n) is 2.09. The average molecular weight is 265 g/mol. The normalized spacial score (nSPS) is 16.3. The summed E-state index contributed by atoms with van der Waals surface area (Å²) in [4.78, 5) is 14.0. The molecule has 0 radical (unpaired) electrons. The zero-order valence-corrected chi connectivity index (χ0v) is 11.0. The molecular weight excluding hydrogens is 245 g/mol. The minimum Gasteiger partial charge on any atom is -0.352 e. The molecular formula is C14H20FN3O. The summed E-state index contributed by atoms with van der Waals surface area (Å²) in [6.07, 6.45) is 0.515. The van der Waals surface area contributed by atoms with Crippen molar-refractivity contribution in [2.45, 2.75) is 13.0 Å². The van der Waals surface area contributed by atoms with Crippen LogP contribution in [0, 0.1) is 5.82 Å². The average Bonchev–Trinajstić information content (AvgIpc) is 2.45. The van der Waals surface area contributed by atoms with E-state index in [9.17, 15) is 9.18 Å². The van der Waals surface area contributed by atoms with Crippen molar-refractivity contribution in [2.24, 2.45) is 0 Å². The van der Waals surface area contributed by atoms with Gasteiger partial charge in [-0.3, -0.25) is 4.79 Å². The van der Waals surface area contributed by atoms with E-state index in [1.54, 1.807) is 12.1 Å². The van der Waals surface area contributed by atoms with Crippen LogP contribution in [-0.4, -0.2) is 43.5 Å². The van der Waals surface area contributed by atoms with Crippen LogP contribution >= 0.6 is 0 Å². The first kappa shape index (κ1) is 14.0. The summed E-state index contributed by atoms with van der Waals surface area (Å²) in [7, 11) is 0. The Morgan fingerprint density at radius 1 is 1.26 bits per heavy atom. The van der Waals surface area contributed by atoms with Crippen molar-refractivity contribution in [1.82, 2.24) is 15.5 Å². The lowest BCUT2D eigenvalue weighted by molar-refractivity contribution is -0.121. The third-order valence-corrected chi connectivity index (χ3v) is 3.27. The van der Waals surface area contributed by atoms with Gasteiger partial charge in [-0.1, -0.05) is 12.1 Å². The number of nitrogens with zero attached hydrogens (tertiary/aromatic N) is 1. The molecule has 0 aromatic heterocycles. The largest absolute Gasteiger partial charge is 0.352 e. The second kappa shape index (κ2) is 7.21. The number of hydrogen-bond acceptors (Lipinski definition) is 3. The van der Waals surface area contributed by atoms with Gasteiger partial charge in [0.1, 0.15) is 5.82 Å². The molecule has 104 valence electrons. The fraction of sp³-hybridized carbons (Fsp3) is 0.500. The topological polar surface area (TPSA) is 44.4 Å². The number of amides is 1. The number of nitrogens with one attached hydrogen (secondary N) is 2. The van der Waals surface area contributed by atoms with Crippen LogP contribution in [0.4, 0.5) is 4.39 Å². The van der Waals surface area contributed by atoms with Gasteiger partial charge in [-0.15, -0.1) is 0 Å². The molecule has 0 unspecified atom stereocenters. The van der Waals surface area contributed by atoms with Crippen molar-refractivity contribution in [3.05, 3.63) is 35.6 Å². The lowest BCUT2D eigenvalue weighted by Gasteiger charge is -2.26. The summed E-state index contributed by atoms with van der Waals surface area (Å²) in [6.45, 7) is 5.27. The zero-order valence-electron chi connectivity index (χ0n) is 11.0. The van der Waals surface area contributed by atoms with Crippen molar-refractivity contribution in [2.75, 3.05) is 32.7 Å². The summed E-state index contributed by atoms with van der Waals surface area (Å²) in [5.41, 5.74) is 0.914. The molecule has 2 N–H and O–H groups in total. The molecule has 0 spiro atoms. The number of rotatable bonds is 5. The summed E-state index contributed by atoms with van der Waals surface area (Å²) >= 11 is 0. The van der Waals surface area contributed by atoms with Gasteiger partial charge in [-0.05, 0) is 17.7 Å². The molecule has 1 saturated heterocycles. The fourth-order valence-corrected chi connectivity index (χ4v) is 2.09. The van der Waals surface area contributed by atoms with Gasteiger partial charge in [0.05, 0.1) is 0 Å². The standard InChI is InChI=1S/C14H20FN3O/c15-13-3-1-12(2-4-13)11-17-14(19)5-8-18-9-6-16-7-10-18/h1-4,16H,5-11H2,(H,17,19). The summed E-state index contributed by atoms with van der Waals surface area (Å²) in [5.74, 6) is -0.211. The van der Waals surface area contributed by atoms with Crippen LogP contribution in [0.15, 0.2) is 24.3 Å². The molecule has 5 heteroatoms. The predicted octanol–water partition coefficient (Wildman–Crippen LogP) is 0.737. The predicted molar refractivity (Wildman–Crippen MR) is 72.2 cm³/mol. The maximum Gasteiger partial charge on any atom is 0.221 e. The van der Waals surface area contributed by atoms with E-state index in [0.29, 0.717) is 13.0 Å². The Labute approximate surface area is 113 Å². The lowest BCUT2D eigenvalue weighted by Crippen LogP contribution is -2.44. The molecule has 1 aliphatic heterocycles. The summed E-state index contributed by atoms with van der Waals surface area (Å²) in [6, 6.07) is 6.18. The molecule has 1 amide bonds. The van der Waals surface area contributed by atoms with E-state index in [0.717, 1.165) is 38.3 Å². The Bertz CT molecular complexity index is 402. The van der Waals surface area contributed by atoms with Crippen molar-refractivity contribution >= 4 is 5.91 Å². The molecule has 1 fully saturated rings. The quantitative estimate of drug-likeness (QED) is 0.825. The molecule has 0 bridgehead atoms. The van der Waals surface area contributed by atoms with Crippen LogP contribution < -0.4 is 10.6 Å². The minimum atomic E-state index is -0.256. The third kappa shape index (κ3) is 4.96. The molecule has 2 rings (SSSR count). The first-order valence-corrected chi connectivity index (χ1v) is 6.68.